The molecule has 0 spiro atoms. The Bertz CT molecular complexity index is 541. The topological polar surface area (TPSA) is 42.7 Å². The first-order valence-electron chi connectivity index (χ1n) is 5.68. The predicted molar refractivity (Wildman–Crippen MR) is 64.6 cm³/mol. The van der Waals surface area contributed by atoms with E-state index in [1.165, 1.54) is 0 Å². The zero-order chi connectivity index (χ0) is 11.7. The number of aldehydes is 1. The average Bonchev–Trinajstić information content (AvgIpc) is 2.86. The van der Waals surface area contributed by atoms with Crippen LogP contribution in [-0.4, -0.2) is 32.6 Å². The molecule has 0 radical (unpaired) electrons. The summed E-state index contributed by atoms with van der Waals surface area (Å²) in [4.78, 5) is 13.3. The second-order valence-corrected chi connectivity index (χ2v) is 4.05. The Morgan fingerprint density at radius 1 is 1.18 bits per heavy atom. The summed E-state index contributed by atoms with van der Waals surface area (Å²) >= 11 is 0. The van der Waals surface area contributed by atoms with Crippen molar-refractivity contribution in [1.29, 1.82) is 0 Å². The Kier molecular flexibility index (Phi) is 2.57. The quantitative estimate of drug-likeness (QED) is 0.742. The summed E-state index contributed by atoms with van der Waals surface area (Å²) in [6.07, 6.45) is 2.56. The molecule has 0 N–H and O–H groups in total. The van der Waals surface area contributed by atoms with Gasteiger partial charge >= 0.3 is 0 Å². The number of ether oxygens (including phenoxy) is 1. The van der Waals surface area contributed by atoms with Crippen molar-refractivity contribution < 1.29 is 13.9 Å². The molecule has 4 nitrogen and oxygen atoms in total. The van der Waals surface area contributed by atoms with Crippen LogP contribution in [0.1, 0.15) is 10.4 Å². The fraction of sp³-hybridized carbons (Fsp3) is 0.308. The van der Waals surface area contributed by atoms with Crippen LogP contribution in [0.15, 0.2) is 28.9 Å². The maximum Gasteiger partial charge on any atom is 0.152 e. The molecule has 2 aromatic rings. The Balaban J connectivity index is 2.16. The van der Waals surface area contributed by atoms with E-state index in [1.807, 2.05) is 18.2 Å². The summed E-state index contributed by atoms with van der Waals surface area (Å²) in [5, 5.41) is 0.997. The SMILES string of the molecule is O=Cc1ccc2occc2c1N1CCOCC1. The molecule has 1 aromatic carbocycles. The number of fused-ring (bicyclic) bond motifs is 1. The van der Waals surface area contributed by atoms with Gasteiger partial charge < -0.3 is 14.1 Å². The number of carbonyl (C=O) groups is 1. The van der Waals surface area contributed by atoms with Crippen LogP contribution in [-0.2, 0) is 4.74 Å². The summed E-state index contributed by atoms with van der Waals surface area (Å²) in [5.41, 5.74) is 2.49. The molecule has 1 saturated heterocycles. The number of furan rings is 1. The first-order chi connectivity index (χ1) is 8.40. The highest BCUT2D eigenvalue weighted by molar-refractivity contribution is 6.00. The van der Waals surface area contributed by atoms with E-state index in [4.69, 9.17) is 9.15 Å². The number of rotatable bonds is 2. The molecule has 0 bridgehead atoms. The van der Waals surface area contributed by atoms with Crippen LogP contribution in [0.3, 0.4) is 0 Å². The molecule has 0 saturated carbocycles. The molecule has 0 amide bonds. The molecular formula is C13H13NO3. The zero-order valence-electron chi connectivity index (χ0n) is 9.39. The van der Waals surface area contributed by atoms with Crippen molar-refractivity contribution in [1.82, 2.24) is 0 Å². The third kappa shape index (κ3) is 1.70. The molecule has 0 aliphatic carbocycles. The monoisotopic (exact) mass is 231 g/mol. The van der Waals surface area contributed by atoms with Crippen LogP contribution >= 0.6 is 0 Å². The molecule has 1 aliphatic heterocycles. The molecule has 88 valence electrons. The number of morpholine rings is 1. The fourth-order valence-corrected chi connectivity index (χ4v) is 2.28. The highest BCUT2D eigenvalue weighted by atomic mass is 16.5. The minimum Gasteiger partial charge on any atom is -0.464 e. The minimum atomic E-state index is 0.701. The van der Waals surface area contributed by atoms with Crippen LogP contribution in [0, 0.1) is 0 Å². The van der Waals surface area contributed by atoms with Gasteiger partial charge in [0.15, 0.2) is 6.29 Å². The first-order valence-corrected chi connectivity index (χ1v) is 5.68. The third-order valence-electron chi connectivity index (χ3n) is 3.09. The van der Waals surface area contributed by atoms with E-state index in [9.17, 15) is 4.79 Å². The van der Waals surface area contributed by atoms with Gasteiger partial charge in [0.25, 0.3) is 0 Å². The van der Waals surface area contributed by atoms with E-state index >= 15 is 0 Å². The molecule has 17 heavy (non-hydrogen) atoms. The third-order valence-corrected chi connectivity index (χ3v) is 3.09. The zero-order valence-corrected chi connectivity index (χ0v) is 9.39. The molecule has 2 heterocycles. The van der Waals surface area contributed by atoms with E-state index in [-0.39, 0.29) is 0 Å². The number of nitrogens with zero attached hydrogens (tertiary/aromatic N) is 1. The Labute approximate surface area is 98.8 Å². The Morgan fingerprint density at radius 3 is 2.76 bits per heavy atom. The average molecular weight is 231 g/mol. The van der Waals surface area contributed by atoms with Gasteiger partial charge in [-0.25, -0.2) is 0 Å². The Hall–Kier alpha value is -1.81. The van der Waals surface area contributed by atoms with Crippen molar-refractivity contribution in [3.8, 4) is 0 Å². The molecule has 1 aromatic heterocycles. The van der Waals surface area contributed by atoms with Crippen LogP contribution in [0.4, 0.5) is 5.69 Å². The molecule has 0 atom stereocenters. The molecular weight excluding hydrogens is 218 g/mol. The van der Waals surface area contributed by atoms with Gasteiger partial charge in [-0.3, -0.25) is 4.79 Å². The van der Waals surface area contributed by atoms with Gasteiger partial charge in [-0.2, -0.15) is 0 Å². The van der Waals surface area contributed by atoms with Crippen LogP contribution in [0.5, 0.6) is 0 Å². The summed E-state index contributed by atoms with van der Waals surface area (Å²) in [7, 11) is 0. The smallest absolute Gasteiger partial charge is 0.152 e. The fourth-order valence-electron chi connectivity index (χ4n) is 2.28. The summed E-state index contributed by atoms with van der Waals surface area (Å²) < 4.78 is 10.7. The van der Waals surface area contributed by atoms with Gasteiger partial charge in [0, 0.05) is 24.0 Å². The van der Waals surface area contributed by atoms with Crippen molar-refractivity contribution in [2.45, 2.75) is 0 Å². The van der Waals surface area contributed by atoms with Crippen molar-refractivity contribution >= 4 is 22.9 Å². The first kappa shape index (κ1) is 10.4. The minimum absolute atomic E-state index is 0.701. The van der Waals surface area contributed by atoms with E-state index < -0.39 is 0 Å². The number of hydrogen-bond acceptors (Lipinski definition) is 4. The van der Waals surface area contributed by atoms with Gasteiger partial charge in [-0.15, -0.1) is 0 Å². The predicted octanol–water partition coefficient (Wildman–Crippen LogP) is 2.08. The molecule has 1 aliphatic rings. The van der Waals surface area contributed by atoms with E-state index in [2.05, 4.69) is 4.90 Å². The lowest BCUT2D eigenvalue weighted by molar-refractivity contribution is 0.111. The summed E-state index contributed by atoms with van der Waals surface area (Å²) in [5.74, 6) is 0. The van der Waals surface area contributed by atoms with Crippen molar-refractivity contribution in [3.63, 3.8) is 0 Å². The normalized spacial score (nSPS) is 16.4. The largest absolute Gasteiger partial charge is 0.464 e. The van der Waals surface area contributed by atoms with Gasteiger partial charge in [-0.1, -0.05) is 0 Å². The van der Waals surface area contributed by atoms with Gasteiger partial charge in [-0.05, 0) is 18.2 Å². The highest BCUT2D eigenvalue weighted by Gasteiger charge is 2.18. The standard InChI is InChI=1S/C13H13NO3/c15-9-10-1-2-12-11(3-6-17-12)13(10)14-4-7-16-8-5-14/h1-3,6,9H,4-5,7-8H2. The summed E-state index contributed by atoms with van der Waals surface area (Å²) in [6.45, 7) is 3.02. The maximum atomic E-state index is 11.1. The molecule has 4 heteroatoms. The number of benzene rings is 1. The second kappa shape index (κ2) is 4.22. The molecule has 3 rings (SSSR count). The van der Waals surface area contributed by atoms with E-state index in [0.717, 1.165) is 36.0 Å². The lowest BCUT2D eigenvalue weighted by atomic mass is 10.1. The molecule has 1 fully saturated rings. The van der Waals surface area contributed by atoms with Crippen LogP contribution < -0.4 is 4.90 Å². The van der Waals surface area contributed by atoms with Crippen LogP contribution in [0.2, 0.25) is 0 Å². The van der Waals surface area contributed by atoms with Crippen molar-refractivity contribution in [2.75, 3.05) is 31.2 Å². The molecule has 0 unspecified atom stereocenters. The lowest BCUT2D eigenvalue weighted by Gasteiger charge is -2.30. The number of carbonyl (C=O) groups excluding carboxylic acids is 1. The van der Waals surface area contributed by atoms with E-state index in [1.54, 1.807) is 6.26 Å². The highest BCUT2D eigenvalue weighted by Crippen LogP contribution is 2.31. The van der Waals surface area contributed by atoms with E-state index in [0.29, 0.717) is 18.8 Å². The maximum absolute atomic E-state index is 11.1. The number of anilines is 1. The van der Waals surface area contributed by atoms with Gasteiger partial charge in [0.1, 0.15) is 5.58 Å². The van der Waals surface area contributed by atoms with Gasteiger partial charge in [0.2, 0.25) is 0 Å². The van der Waals surface area contributed by atoms with Crippen molar-refractivity contribution in [3.05, 3.63) is 30.0 Å². The number of hydrogen-bond donors (Lipinski definition) is 0. The summed E-state index contributed by atoms with van der Waals surface area (Å²) in [6, 6.07) is 5.56. The second-order valence-electron chi connectivity index (χ2n) is 4.05. The van der Waals surface area contributed by atoms with Crippen LogP contribution in [0.25, 0.3) is 11.0 Å². The Morgan fingerprint density at radius 2 is 2.00 bits per heavy atom. The van der Waals surface area contributed by atoms with Gasteiger partial charge in [0.05, 0.1) is 25.2 Å². The lowest BCUT2D eigenvalue weighted by Crippen LogP contribution is -2.36. The van der Waals surface area contributed by atoms with Crippen molar-refractivity contribution in [2.24, 2.45) is 0 Å².